The summed E-state index contributed by atoms with van der Waals surface area (Å²) in [6.45, 7) is 14.7. The van der Waals surface area contributed by atoms with E-state index >= 15 is 0 Å². The van der Waals surface area contributed by atoms with Gasteiger partial charge in [-0.1, -0.05) is 27.7 Å². The van der Waals surface area contributed by atoms with Gasteiger partial charge in [-0.2, -0.15) is 0 Å². The molecular weight excluding hydrogens is 547 g/mol. The molecule has 40 heavy (non-hydrogen) atoms. The Kier molecular flexibility index (Phi) is 13.1. The Morgan fingerprint density at radius 2 is 1.82 bits per heavy atom. The lowest BCUT2D eigenvalue weighted by molar-refractivity contribution is 0.0734. The number of H-pyrrole nitrogens is 1. The van der Waals surface area contributed by atoms with E-state index in [1.54, 1.807) is 12.4 Å². The Bertz CT molecular complexity index is 1260. The third-order valence-corrected chi connectivity index (χ3v) is 7.67. The number of nitrogens with zero attached hydrogens (tertiary/aromatic N) is 5. The maximum absolute atomic E-state index is 13.6. The number of likely N-dealkylation sites (tertiary alicyclic amines) is 1. The lowest BCUT2D eigenvalue weighted by Crippen LogP contribution is -2.34. The minimum atomic E-state index is -0.139. The molecule has 4 rings (SSSR count). The molecule has 0 saturated carbocycles. The zero-order valence-electron chi connectivity index (χ0n) is 24.6. The van der Waals surface area contributed by atoms with Crippen molar-refractivity contribution in [2.45, 2.75) is 79.2 Å². The van der Waals surface area contributed by atoms with E-state index in [0.717, 1.165) is 68.8 Å². The number of halogens is 2. The summed E-state index contributed by atoms with van der Waals surface area (Å²) >= 11 is 0. The van der Waals surface area contributed by atoms with Crippen LogP contribution in [0.15, 0.2) is 35.5 Å². The average molecular weight is 594 g/mol. The largest absolute Gasteiger partial charge is 0.337 e. The quantitative estimate of drug-likeness (QED) is 0.284. The van der Waals surface area contributed by atoms with Gasteiger partial charge in [-0.15, -0.1) is 24.8 Å². The number of hydrogen-bond acceptors (Lipinski definition) is 5. The lowest BCUT2D eigenvalue weighted by Gasteiger charge is -2.24. The number of aromatic nitrogens is 4. The lowest BCUT2D eigenvalue weighted by atomic mass is 10.1. The number of pyridine rings is 1. The van der Waals surface area contributed by atoms with Gasteiger partial charge in [-0.3, -0.25) is 14.0 Å². The highest BCUT2D eigenvalue weighted by Crippen LogP contribution is 2.26. The number of carbonyl (C=O) groups excluding carboxylic acids is 1. The Balaban J connectivity index is 0.00000280. The first-order chi connectivity index (χ1) is 18.2. The highest BCUT2D eigenvalue weighted by Gasteiger charge is 2.23. The van der Waals surface area contributed by atoms with E-state index < -0.39 is 0 Å². The summed E-state index contributed by atoms with van der Waals surface area (Å²) in [7, 11) is 0. The Morgan fingerprint density at radius 1 is 1.12 bits per heavy atom. The molecule has 1 saturated heterocycles. The molecule has 3 aromatic rings. The molecule has 1 atom stereocenters. The van der Waals surface area contributed by atoms with E-state index in [0.29, 0.717) is 29.2 Å². The molecule has 0 aliphatic carbocycles. The van der Waals surface area contributed by atoms with Gasteiger partial charge in [0.05, 0.1) is 17.6 Å². The zero-order chi connectivity index (χ0) is 27.2. The van der Waals surface area contributed by atoms with Crippen LogP contribution >= 0.6 is 24.8 Å². The van der Waals surface area contributed by atoms with Gasteiger partial charge in [-0.25, -0.2) is 9.97 Å². The predicted molar refractivity (Wildman–Crippen MR) is 167 cm³/mol. The fourth-order valence-corrected chi connectivity index (χ4v) is 5.22. The zero-order valence-corrected chi connectivity index (χ0v) is 26.2. The number of aromatic amines is 1. The molecule has 3 aromatic heterocycles. The van der Waals surface area contributed by atoms with Crippen LogP contribution < -0.4 is 5.56 Å². The number of fused-ring (bicyclic) bond motifs is 1. The van der Waals surface area contributed by atoms with Crippen molar-refractivity contribution in [1.82, 2.24) is 29.2 Å². The first-order valence-electron chi connectivity index (χ1n) is 14.3. The molecule has 8 nitrogen and oxygen atoms in total. The summed E-state index contributed by atoms with van der Waals surface area (Å²) in [5, 5.41) is 0. The Labute approximate surface area is 250 Å². The molecule has 0 aromatic carbocycles. The first-order valence-corrected chi connectivity index (χ1v) is 14.3. The monoisotopic (exact) mass is 592 g/mol. The van der Waals surface area contributed by atoms with Crippen molar-refractivity contribution in [2.75, 3.05) is 26.2 Å². The SMILES string of the molecule is CC(C)CCN(CCC(C)C)C(=O)c1cn2c(CCCN3CCCC3C)c(-c3ccc(=O)[nH]c3)nc2cn1.Cl.Cl. The van der Waals surface area contributed by atoms with Gasteiger partial charge in [0.25, 0.3) is 5.91 Å². The fourth-order valence-electron chi connectivity index (χ4n) is 5.22. The average Bonchev–Trinajstić information content (AvgIpc) is 3.46. The molecule has 1 fully saturated rings. The highest BCUT2D eigenvalue weighted by molar-refractivity contribution is 5.92. The van der Waals surface area contributed by atoms with Crippen molar-refractivity contribution >= 4 is 36.4 Å². The third kappa shape index (κ3) is 8.54. The van der Waals surface area contributed by atoms with Gasteiger partial charge in [0, 0.05) is 43.2 Å². The van der Waals surface area contributed by atoms with Gasteiger partial charge in [-0.05, 0) is 76.4 Å². The van der Waals surface area contributed by atoms with Gasteiger partial charge < -0.3 is 14.8 Å². The Hall–Kier alpha value is -2.42. The van der Waals surface area contributed by atoms with Crippen molar-refractivity contribution in [3.05, 3.63) is 52.5 Å². The summed E-state index contributed by atoms with van der Waals surface area (Å²) in [5.41, 5.74) is 3.76. The molecule has 0 spiro atoms. The Morgan fingerprint density at radius 3 is 2.40 bits per heavy atom. The van der Waals surface area contributed by atoms with Crippen molar-refractivity contribution < 1.29 is 4.79 Å². The number of rotatable bonds is 12. The minimum absolute atomic E-state index is 0. The molecule has 4 heterocycles. The molecule has 0 bridgehead atoms. The van der Waals surface area contributed by atoms with Crippen LogP contribution in [-0.2, 0) is 6.42 Å². The molecule has 1 N–H and O–H groups in total. The second kappa shape index (κ2) is 15.5. The van der Waals surface area contributed by atoms with Crippen LogP contribution in [0.25, 0.3) is 16.9 Å². The molecular formula is C30H46Cl2N6O2. The van der Waals surface area contributed by atoms with Crippen LogP contribution in [-0.4, -0.2) is 67.3 Å². The van der Waals surface area contributed by atoms with Crippen LogP contribution in [0.4, 0.5) is 0 Å². The van der Waals surface area contributed by atoms with E-state index in [1.807, 2.05) is 21.6 Å². The summed E-state index contributed by atoms with van der Waals surface area (Å²) < 4.78 is 2.04. The second-order valence-corrected chi connectivity index (χ2v) is 11.6. The number of hydrogen-bond donors (Lipinski definition) is 1. The molecule has 0 radical (unpaired) electrons. The normalized spacial score (nSPS) is 15.4. The first kappa shape index (κ1) is 33.8. The summed E-state index contributed by atoms with van der Waals surface area (Å²) in [6, 6.07) is 3.97. The topological polar surface area (TPSA) is 86.6 Å². The van der Waals surface area contributed by atoms with E-state index in [1.165, 1.54) is 18.9 Å². The summed E-state index contributed by atoms with van der Waals surface area (Å²) in [4.78, 5) is 42.1. The van der Waals surface area contributed by atoms with Gasteiger partial charge >= 0.3 is 0 Å². The molecule has 1 amide bonds. The molecule has 1 aliphatic heterocycles. The van der Waals surface area contributed by atoms with Gasteiger partial charge in [0.15, 0.2) is 5.65 Å². The molecule has 222 valence electrons. The van der Waals surface area contributed by atoms with Crippen LogP contribution in [0.5, 0.6) is 0 Å². The van der Waals surface area contributed by atoms with Gasteiger partial charge in [0.1, 0.15) is 5.69 Å². The van der Waals surface area contributed by atoms with E-state index in [2.05, 4.69) is 49.5 Å². The van der Waals surface area contributed by atoms with Crippen molar-refractivity contribution in [3.8, 4) is 11.3 Å². The fraction of sp³-hybridized carbons (Fsp3) is 0.600. The third-order valence-electron chi connectivity index (χ3n) is 7.67. The smallest absolute Gasteiger partial charge is 0.273 e. The van der Waals surface area contributed by atoms with Crippen LogP contribution in [0.2, 0.25) is 0 Å². The minimum Gasteiger partial charge on any atom is -0.337 e. The number of carbonyl (C=O) groups is 1. The predicted octanol–water partition coefficient (Wildman–Crippen LogP) is 5.88. The molecule has 10 heteroatoms. The van der Waals surface area contributed by atoms with Gasteiger partial charge in [0.2, 0.25) is 5.56 Å². The highest BCUT2D eigenvalue weighted by atomic mass is 35.5. The van der Waals surface area contributed by atoms with Crippen molar-refractivity contribution in [1.29, 1.82) is 0 Å². The molecule has 1 aliphatic rings. The summed E-state index contributed by atoms with van der Waals surface area (Å²) in [5.74, 6) is 1.03. The van der Waals surface area contributed by atoms with Crippen LogP contribution in [0.3, 0.4) is 0 Å². The van der Waals surface area contributed by atoms with Crippen LogP contribution in [0, 0.1) is 11.8 Å². The maximum atomic E-state index is 13.6. The number of aryl methyl sites for hydroxylation is 1. The van der Waals surface area contributed by atoms with Crippen molar-refractivity contribution in [2.24, 2.45) is 11.8 Å². The standard InChI is InChI=1S/C30H44N6O2.2ClH/c1-21(2)12-16-35(17-13-22(3)4)30(38)25-20-36-26(9-7-15-34-14-6-8-23(34)5)29(33-27(36)19-31-25)24-10-11-28(37)32-18-24;;/h10-11,18-23H,6-9,12-17H2,1-5H3,(H,32,37);2*1H. The van der Waals surface area contributed by atoms with E-state index in [4.69, 9.17) is 4.98 Å². The van der Waals surface area contributed by atoms with E-state index in [-0.39, 0.29) is 36.3 Å². The second-order valence-electron chi connectivity index (χ2n) is 11.6. The summed E-state index contributed by atoms with van der Waals surface area (Å²) in [6.07, 6.45) is 11.6. The molecule has 1 unspecified atom stereocenters. The van der Waals surface area contributed by atoms with Crippen molar-refractivity contribution in [3.63, 3.8) is 0 Å². The maximum Gasteiger partial charge on any atom is 0.273 e. The number of imidazole rings is 1. The van der Waals surface area contributed by atoms with E-state index in [9.17, 15) is 9.59 Å². The van der Waals surface area contributed by atoms with Crippen LogP contribution in [0.1, 0.15) is 82.9 Å². The number of nitrogens with one attached hydrogen (secondary N) is 1. The number of amides is 1.